The van der Waals surface area contributed by atoms with Crippen LogP contribution < -0.4 is 0 Å². The van der Waals surface area contributed by atoms with Gasteiger partial charge in [-0.2, -0.15) is 0 Å². The summed E-state index contributed by atoms with van der Waals surface area (Å²) in [5, 5.41) is 0. The third-order valence-electron chi connectivity index (χ3n) is 9.93. The first-order valence-electron chi connectivity index (χ1n) is 14.0. The highest BCUT2D eigenvalue weighted by atomic mass is 16.5. The van der Waals surface area contributed by atoms with Crippen molar-refractivity contribution < 1.29 is 28.7 Å². The maximum absolute atomic E-state index is 12.8. The Bertz CT molecular complexity index is 834. The van der Waals surface area contributed by atoms with Gasteiger partial charge in [0.25, 0.3) is 0 Å². The molecule has 7 fully saturated rings. The van der Waals surface area contributed by atoms with Crippen molar-refractivity contribution in [3.63, 3.8) is 0 Å². The lowest BCUT2D eigenvalue weighted by Crippen LogP contribution is -2.47. The highest BCUT2D eigenvalue weighted by molar-refractivity contribution is 6.07. The first kappa shape index (κ1) is 23.3. The number of likely N-dealkylation sites (tertiary alicyclic amines) is 2. The number of amides is 4. The Balaban J connectivity index is 0.817. The van der Waals surface area contributed by atoms with Gasteiger partial charge in [0.2, 0.25) is 23.6 Å². The van der Waals surface area contributed by atoms with E-state index in [0.29, 0.717) is 13.1 Å². The topological polar surface area (TPSA) is 99.7 Å². The lowest BCUT2D eigenvalue weighted by atomic mass is 9.81. The van der Waals surface area contributed by atoms with Crippen molar-refractivity contribution in [2.24, 2.45) is 23.7 Å². The predicted molar refractivity (Wildman–Crippen MR) is 125 cm³/mol. The second-order valence-corrected chi connectivity index (χ2v) is 11.7. The van der Waals surface area contributed by atoms with E-state index in [0.717, 1.165) is 77.8 Å². The van der Waals surface area contributed by atoms with Gasteiger partial charge in [0.05, 0.1) is 48.1 Å². The van der Waals surface area contributed by atoms with E-state index in [-0.39, 0.29) is 71.7 Å². The monoisotopic (exact) mass is 500 g/mol. The normalized spacial score (nSPS) is 41.9. The molecule has 0 saturated carbocycles. The molecule has 0 N–H and O–H groups in total. The van der Waals surface area contributed by atoms with Gasteiger partial charge in [-0.25, -0.2) is 0 Å². The number of carbonyl (C=O) groups excluding carboxylic acids is 4. The molecule has 0 radical (unpaired) electrons. The van der Waals surface area contributed by atoms with Crippen molar-refractivity contribution in [2.75, 3.05) is 52.4 Å². The average Bonchev–Trinajstić information content (AvgIpc) is 3.72. The van der Waals surface area contributed by atoms with E-state index in [4.69, 9.17) is 9.47 Å². The molecule has 8 atom stereocenters. The molecule has 7 aliphatic rings. The van der Waals surface area contributed by atoms with Crippen LogP contribution in [0.5, 0.6) is 0 Å². The fraction of sp³-hybridized carbons (Fsp3) is 0.846. The Morgan fingerprint density at radius 2 is 0.806 bits per heavy atom. The van der Waals surface area contributed by atoms with Gasteiger partial charge in [-0.05, 0) is 51.6 Å². The summed E-state index contributed by atoms with van der Waals surface area (Å²) in [4.78, 5) is 59.0. The largest absolute Gasteiger partial charge is 0.373 e. The molecule has 7 saturated heterocycles. The van der Waals surface area contributed by atoms with Crippen molar-refractivity contribution in [1.29, 1.82) is 0 Å². The molecule has 4 bridgehead atoms. The van der Waals surface area contributed by atoms with Gasteiger partial charge in [0.15, 0.2) is 0 Å². The van der Waals surface area contributed by atoms with E-state index >= 15 is 0 Å². The molecule has 36 heavy (non-hydrogen) atoms. The highest BCUT2D eigenvalue weighted by Crippen LogP contribution is 2.49. The quantitative estimate of drug-likeness (QED) is 0.420. The third-order valence-corrected chi connectivity index (χ3v) is 9.93. The number of imide groups is 2. The Hall–Kier alpha value is -1.88. The summed E-state index contributed by atoms with van der Waals surface area (Å²) in [5.74, 6) is -0.964. The highest BCUT2D eigenvalue weighted by Gasteiger charge is 2.63. The summed E-state index contributed by atoms with van der Waals surface area (Å²) in [6.07, 6.45) is 5.07. The molecule has 0 aromatic rings. The average molecular weight is 501 g/mol. The number of piperazine rings is 1. The zero-order chi connectivity index (χ0) is 24.6. The molecular weight excluding hydrogens is 464 g/mol. The van der Waals surface area contributed by atoms with Crippen LogP contribution in [0.2, 0.25) is 0 Å². The number of hydrogen-bond acceptors (Lipinski definition) is 8. The lowest BCUT2D eigenvalue weighted by molar-refractivity contribution is -0.144. The summed E-state index contributed by atoms with van der Waals surface area (Å²) in [7, 11) is 0. The first-order valence-corrected chi connectivity index (χ1v) is 14.0. The Kier molecular flexibility index (Phi) is 5.72. The van der Waals surface area contributed by atoms with Gasteiger partial charge in [-0.3, -0.25) is 29.0 Å². The molecule has 7 rings (SSSR count). The third kappa shape index (κ3) is 3.51. The van der Waals surface area contributed by atoms with Crippen LogP contribution in [0.25, 0.3) is 0 Å². The molecule has 0 aliphatic carbocycles. The van der Waals surface area contributed by atoms with Crippen LogP contribution in [0.1, 0.15) is 38.5 Å². The second kappa shape index (κ2) is 8.85. The molecule has 4 amide bonds. The number of nitrogens with zero attached hydrogens (tertiary/aromatic N) is 4. The van der Waals surface area contributed by atoms with Crippen molar-refractivity contribution in [3.8, 4) is 0 Å². The van der Waals surface area contributed by atoms with Crippen LogP contribution >= 0.6 is 0 Å². The van der Waals surface area contributed by atoms with E-state index < -0.39 is 0 Å². The van der Waals surface area contributed by atoms with E-state index in [2.05, 4.69) is 9.80 Å². The second-order valence-electron chi connectivity index (χ2n) is 11.7. The summed E-state index contributed by atoms with van der Waals surface area (Å²) >= 11 is 0. The van der Waals surface area contributed by atoms with Gasteiger partial charge in [-0.15, -0.1) is 0 Å². The lowest BCUT2D eigenvalue weighted by Gasteiger charge is -2.35. The predicted octanol–water partition coefficient (Wildman–Crippen LogP) is -0.291. The summed E-state index contributed by atoms with van der Waals surface area (Å²) in [5.41, 5.74) is 0. The minimum atomic E-state index is -0.228. The van der Waals surface area contributed by atoms with Crippen molar-refractivity contribution in [1.82, 2.24) is 19.6 Å². The molecule has 0 unspecified atom stereocenters. The maximum Gasteiger partial charge on any atom is 0.235 e. The molecule has 0 spiro atoms. The fourth-order valence-corrected chi connectivity index (χ4v) is 8.13. The molecular formula is C26H36N4O6. The number of hydrogen-bond donors (Lipinski definition) is 0. The van der Waals surface area contributed by atoms with Crippen LogP contribution in [0, 0.1) is 23.7 Å². The van der Waals surface area contributed by atoms with Crippen molar-refractivity contribution in [3.05, 3.63) is 0 Å². The summed E-state index contributed by atoms with van der Waals surface area (Å²) < 4.78 is 11.6. The fourth-order valence-electron chi connectivity index (χ4n) is 8.13. The van der Waals surface area contributed by atoms with Crippen LogP contribution in [0.4, 0.5) is 0 Å². The standard InChI is InChI=1S/C26H36N4O6/c31-23-19-15-3-4-16(35-15)20(19)24(32)29(23)9-1-7-27-11-13-28(14-12-27)8-2-10-30-25(33)21-17-5-6-18(36-17)22(21)26(30)34/h15-22H,1-14H2/t15-,16-,17-,18-,19-,20+,21+,22+/m1/s1. The molecule has 0 aromatic carbocycles. The minimum absolute atomic E-state index is 0.0132. The van der Waals surface area contributed by atoms with E-state index in [1.54, 1.807) is 0 Å². The van der Waals surface area contributed by atoms with Crippen molar-refractivity contribution >= 4 is 23.6 Å². The number of fused-ring (bicyclic) bond motifs is 10. The number of ether oxygens (including phenoxy) is 2. The van der Waals surface area contributed by atoms with Crippen LogP contribution in [-0.2, 0) is 28.7 Å². The Morgan fingerprint density at radius 3 is 1.11 bits per heavy atom. The molecule has 7 aliphatic heterocycles. The van der Waals surface area contributed by atoms with Gasteiger partial charge < -0.3 is 19.3 Å². The van der Waals surface area contributed by atoms with Gasteiger partial charge in [0.1, 0.15) is 0 Å². The van der Waals surface area contributed by atoms with E-state index in [1.165, 1.54) is 9.80 Å². The molecule has 10 nitrogen and oxygen atoms in total. The zero-order valence-corrected chi connectivity index (χ0v) is 20.8. The van der Waals surface area contributed by atoms with Crippen LogP contribution in [0.15, 0.2) is 0 Å². The molecule has 0 aromatic heterocycles. The number of rotatable bonds is 8. The molecule has 7 heterocycles. The van der Waals surface area contributed by atoms with Gasteiger partial charge >= 0.3 is 0 Å². The van der Waals surface area contributed by atoms with Gasteiger partial charge in [-0.1, -0.05) is 0 Å². The number of carbonyl (C=O) groups is 4. The summed E-state index contributed by atoms with van der Waals surface area (Å²) in [6.45, 7) is 6.61. The SMILES string of the molecule is O=C1[C@@H]2[C@@H](C(=O)N1CCCN1CCN(CCCN3C(=O)[C@@H]4[C@H](C3=O)[C@H]3CC[C@H]4O3)CC1)[C@H]1CC[C@H]2O1. The maximum atomic E-state index is 12.8. The van der Waals surface area contributed by atoms with Crippen molar-refractivity contribution in [2.45, 2.75) is 62.9 Å². The Morgan fingerprint density at radius 1 is 0.500 bits per heavy atom. The first-order chi connectivity index (χ1) is 17.5. The smallest absolute Gasteiger partial charge is 0.235 e. The van der Waals surface area contributed by atoms with Gasteiger partial charge in [0, 0.05) is 39.3 Å². The van der Waals surface area contributed by atoms with E-state index in [1.807, 2.05) is 0 Å². The van der Waals surface area contributed by atoms with E-state index in [9.17, 15) is 19.2 Å². The Labute approximate surface area is 211 Å². The van der Waals surface area contributed by atoms with Crippen LogP contribution in [0.3, 0.4) is 0 Å². The zero-order valence-electron chi connectivity index (χ0n) is 20.8. The summed E-state index contributed by atoms with van der Waals surface area (Å²) in [6, 6.07) is 0. The molecule has 10 heteroatoms. The minimum Gasteiger partial charge on any atom is -0.373 e. The molecule has 196 valence electrons. The van der Waals surface area contributed by atoms with Crippen LogP contribution in [-0.4, -0.2) is 120 Å².